The van der Waals surface area contributed by atoms with Crippen LogP contribution in [0.1, 0.15) is 5.56 Å². The highest BCUT2D eigenvalue weighted by Crippen LogP contribution is 2.27. The highest BCUT2D eigenvalue weighted by atomic mass is 32.1. The van der Waals surface area contributed by atoms with E-state index in [0.29, 0.717) is 22.9 Å². The second-order valence-electron chi connectivity index (χ2n) is 6.38. The molecule has 1 heterocycles. The summed E-state index contributed by atoms with van der Waals surface area (Å²) in [5.74, 6) is 0.587. The van der Waals surface area contributed by atoms with Crippen LogP contribution in [0, 0.1) is 10.1 Å². The van der Waals surface area contributed by atoms with Crippen LogP contribution in [0.4, 0.5) is 10.8 Å². The van der Waals surface area contributed by atoms with Gasteiger partial charge in [0.2, 0.25) is 5.91 Å². The smallest absolute Gasteiger partial charge is 0.270 e. The normalized spacial score (nSPS) is 10.7. The molecule has 0 saturated carbocycles. The summed E-state index contributed by atoms with van der Waals surface area (Å²) in [6.45, 7) is 0.748. The fourth-order valence-electron chi connectivity index (χ4n) is 2.83. The summed E-state index contributed by atoms with van der Waals surface area (Å²) in [6.07, 6.45) is 0. The Morgan fingerprint density at radius 3 is 2.83 bits per heavy atom. The third-order valence-corrected chi connectivity index (χ3v) is 4.91. The zero-order chi connectivity index (χ0) is 20.8. The fourth-order valence-corrected chi connectivity index (χ4v) is 3.56. The lowest BCUT2D eigenvalue weighted by Gasteiger charge is -2.17. The predicted octanol–water partition coefficient (Wildman–Crippen LogP) is 3.80. The number of nitro benzene ring substituents is 1. The number of nitrogens with zero attached hydrogens (tertiary/aromatic N) is 3. The van der Waals surface area contributed by atoms with E-state index >= 15 is 0 Å². The standard InChI is InChI=1S/C20H20N4O4S/c1-23(11-15-6-3-4-9-18(15)28-2)12-19(25)22-20-21-17(13-29-20)14-7-5-8-16(10-14)24(26)27/h3-10,13H,11-12H2,1-2H3,(H,21,22,25). The number of amides is 1. The Hall–Kier alpha value is -3.30. The molecule has 0 aliphatic heterocycles. The number of para-hydroxylation sites is 1. The van der Waals surface area contributed by atoms with Crippen LogP contribution in [0.15, 0.2) is 53.9 Å². The summed E-state index contributed by atoms with van der Waals surface area (Å²) in [7, 11) is 3.47. The quantitative estimate of drug-likeness (QED) is 0.446. The Morgan fingerprint density at radius 2 is 2.07 bits per heavy atom. The van der Waals surface area contributed by atoms with E-state index in [4.69, 9.17) is 4.74 Å². The number of non-ortho nitro benzene ring substituents is 1. The molecule has 0 aliphatic rings. The number of aromatic nitrogens is 1. The summed E-state index contributed by atoms with van der Waals surface area (Å²) in [6, 6.07) is 13.9. The van der Waals surface area contributed by atoms with Crippen LogP contribution in [0.3, 0.4) is 0 Å². The number of anilines is 1. The molecule has 3 aromatic rings. The molecule has 8 nitrogen and oxygen atoms in total. The minimum atomic E-state index is -0.448. The molecule has 0 fully saturated rings. The van der Waals surface area contributed by atoms with Crippen LogP contribution in [-0.4, -0.2) is 41.4 Å². The van der Waals surface area contributed by atoms with E-state index in [1.807, 2.05) is 36.2 Å². The monoisotopic (exact) mass is 412 g/mol. The average Bonchev–Trinajstić information content (AvgIpc) is 3.16. The van der Waals surface area contributed by atoms with Crippen molar-refractivity contribution in [2.24, 2.45) is 0 Å². The van der Waals surface area contributed by atoms with E-state index in [1.54, 1.807) is 24.6 Å². The molecule has 9 heteroatoms. The van der Waals surface area contributed by atoms with Gasteiger partial charge in [0, 0.05) is 35.2 Å². The van der Waals surface area contributed by atoms with Gasteiger partial charge in [0.05, 0.1) is 24.3 Å². The van der Waals surface area contributed by atoms with Gasteiger partial charge < -0.3 is 10.1 Å². The number of hydrogen-bond acceptors (Lipinski definition) is 7. The van der Waals surface area contributed by atoms with Crippen LogP contribution in [0.2, 0.25) is 0 Å². The number of methoxy groups -OCH3 is 1. The van der Waals surface area contributed by atoms with Crippen molar-refractivity contribution < 1.29 is 14.5 Å². The van der Waals surface area contributed by atoms with Gasteiger partial charge in [-0.3, -0.25) is 19.8 Å². The van der Waals surface area contributed by atoms with Crippen molar-refractivity contribution in [2.75, 3.05) is 26.0 Å². The molecule has 0 unspecified atom stereocenters. The first-order valence-corrected chi connectivity index (χ1v) is 9.65. The second kappa shape index (κ2) is 9.26. The maximum Gasteiger partial charge on any atom is 0.270 e. The Morgan fingerprint density at radius 1 is 1.28 bits per heavy atom. The number of carbonyl (C=O) groups is 1. The molecule has 150 valence electrons. The van der Waals surface area contributed by atoms with Crippen molar-refractivity contribution in [1.82, 2.24) is 9.88 Å². The lowest BCUT2D eigenvalue weighted by Crippen LogP contribution is -2.29. The Balaban J connectivity index is 1.60. The van der Waals surface area contributed by atoms with Crippen molar-refractivity contribution >= 4 is 28.1 Å². The van der Waals surface area contributed by atoms with E-state index in [2.05, 4.69) is 10.3 Å². The van der Waals surface area contributed by atoms with E-state index in [-0.39, 0.29) is 18.1 Å². The molecule has 3 rings (SSSR count). The van der Waals surface area contributed by atoms with E-state index in [0.717, 1.165) is 11.3 Å². The summed E-state index contributed by atoms with van der Waals surface area (Å²) in [5, 5.41) is 15.9. The van der Waals surface area contributed by atoms with Crippen molar-refractivity contribution in [1.29, 1.82) is 0 Å². The van der Waals surface area contributed by atoms with Gasteiger partial charge in [0.25, 0.3) is 5.69 Å². The Kier molecular flexibility index (Phi) is 6.53. The first kappa shape index (κ1) is 20.4. The lowest BCUT2D eigenvalue weighted by atomic mass is 10.1. The van der Waals surface area contributed by atoms with Gasteiger partial charge in [0.15, 0.2) is 5.13 Å². The van der Waals surface area contributed by atoms with Crippen molar-refractivity contribution in [3.63, 3.8) is 0 Å². The highest BCUT2D eigenvalue weighted by molar-refractivity contribution is 7.14. The van der Waals surface area contributed by atoms with E-state index in [1.165, 1.54) is 23.5 Å². The van der Waals surface area contributed by atoms with Gasteiger partial charge in [-0.15, -0.1) is 11.3 Å². The third kappa shape index (κ3) is 5.37. The summed E-state index contributed by atoms with van der Waals surface area (Å²) in [5.41, 5.74) is 2.20. The molecular weight excluding hydrogens is 392 g/mol. The first-order valence-electron chi connectivity index (χ1n) is 8.77. The summed E-state index contributed by atoms with van der Waals surface area (Å²) >= 11 is 1.27. The summed E-state index contributed by atoms with van der Waals surface area (Å²) in [4.78, 5) is 29.1. The van der Waals surface area contributed by atoms with Crippen molar-refractivity contribution in [3.05, 3.63) is 69.6 Å². The zero-order valence-electron chi connectivity index (χ0n) is 16.0. The fraction of sp³-hybridized carbons (Fsp3) is 0.200. The maximum absolute atomic E-state index is 12.4. The van der Waals surface area contributed by atoms with Gasteiger partial charge >= 0.3 is 0 Å². The van der Waals surface area contributed by atoms with Crippen LogP contribution in [0.5, 0.6) is 5.75 Å². The first-order chi connectivity index (χ1) is 14.0. The number of likely N-dealkylation sites (N-methyl/N-ethyl adjacent to an activating group) is 1. The molecule has 1 N–H and O–H groups in total. The van der Waals surface area contributed by atoms with Crippen molar-refractivity contribution in [2.45, 2.75) is 6.54 Å². The van der Waals surface area contributed by atoms with Crippen LogP contribution >= 0.6 is 11.3 Å². The Labute approximate surface area is 171 Å². The summed E-state index contributed by atoms with van der Waals surface area (Å²) < 4.78 is 5.34. The lowest BCUT2D eigenvalue weighted by molar-refractivity contribution is -0.384. The van der Waals surface area contributed by atoms with Crippen LogP contribution in [-0.2, 0) is 11.3 Å². The molecule has 1 aromatic heterocycles. The molecule has 0 atom stereocenters. The average molecular weight is 412 g/mol. The molecule has 2 aromatic carbocycles. The largest absolute Gasteiger partial charge is 0.496 e. The number of hydrogen-bond donors (Lipinski definition) is 1. The molecular formula is C20H20N4O4S. The van der Waals surface area contributed by atoms with E-state index < -0.39 is 4.92 Å². The minimum absolute atomic E-state index is 0.000879. The van der Waals surface area contributed by atoms with Gasteiger partial charge in [-0.2, -0.15) is 0 Å². The molecule has 0 spiro atoms. The number of thiazole rings is 1. The molecule has 0 bridgehead atoms. The number of ether oxygens (including phenoxy) is 1. The highest BCUT2D eigenvalue weighted by Gasteiger charge is 2.13. The van der Waals surface area contributed by atoms with Gasteiger partial charge in [-0.1, -0.05) is 30.3 Å². The third-order valence-electron chi connectivity index (χ3n) is 4.15. The zero-order valence-corrected chi connectivity index (χ0v) is 16.8. The van der Waals surface area contributed by atoms with Crippen LogP contribution in [0.25, 0.3) is 11.3 Å². The van der Waals surface area contributed by atoms with Gasteiger partial charge in [-0.25, -0.2) is 4.98 Å². The molecule has 0 saturated heterocycles. The number of nitro groups is 1. The number of nitrogens with one attached hydrogen (secondary N) is 1. The molecule has 0 aliphatic carbocycles. The van der Waals surface area contributed by atoms with Gasteiger partial charge in [0.1, 0.15) is 5.75 Å². The topological polar surface area (TPSA) is 97.6 Å². The number of carbonyl (C=O) groups excluding carboxylic acids is 1. The number of benzene rings is 2. The molecule has 0 radical (unpaired) electrons. The molecule has 29 heavy (non-hydrogen) atoms. The number of rotatable bonds is 8. The van der Waals surface area contributed by atoms with Crippen molar-refractivity contribution in [3.8, 4) is 17.0 Å². The second-order valence-corrected chi connectivity index (χ2v) is 7.24. The maximum atomic E-state index is 12.4. The predicted molar refractivity (Wildman–Crippen MR) is 112 cm³/mol. The van der Waals surface area contributed by atoms with Gasteiger partial charge in [-0.05, 0) is 13.1 Å². The Bertz CT molecular complexity index is 1020. The molecule has 1 amide bonds. The van der Waals surface area contributed by atoms with E-state index in [9.17, 15) is 14.9 Å². The minimum Gasteiger partial charge on any atom is -0.496 e. The SMILES string of the molecule is COc1ccccc1CN(C)CC(=O)Nc1nc(-c2cccc([N+](=O)[O-])c2)cs1. The van der Waals surface area contributed by atoms with Crippen LogP contribution < -0.4 is 10.1 Å².